The predicted octanol–water partition coefficient (Wildman–Crippen LogP) is 1.09. The summed E-state index contributed by atoms with van der Waals surface area (Å²) < 4.78 is 13.9. The number of hydrogen-bond donors (Lipinski definition) is 0. The molecule has 0 spiro atoms. The SMILES string of the molecule is c1cc[c]([Ge]23[CH2]CCN(CC[O]2)CC[O]3)cc1. The Labute approximate surface area is 106 Å². The van der Waals surface area contributed by atoms with Gasteiger partial charge in [-0.1, -0.05) is 0 Å². The van der Waals surface area contributed by atoms with Crippen LogP contribution in [0.4, 0.5) is 0 Å². The molecule has 0 unspecified atom stereocenters. The summed E-state index contributed by atoms with van der Waals surface area (Å²) in [4.78, 5) is 2.45. The first-order valence-corrected chi connectivity index (χ1v) is 10.7. The molecule has 0 aromatic heterocycles. The number of hydrogen-bond acceptors (Lipinski definition) is 3. The summed E-state index contributed by atoms with van der Waals surface area (Å²) in [5.41, 5.74) is 0. The normalized spacial score (nSPS) is 33.8. The van der Waals surface area contributed by atoms with Crippen LogP contribution in [0.25, 0.3) is 0 Å². The van der Waals surface area contributed by atoms with Crippen molar-refractivity contribution in [3.8, 4) is 0 Å². The van der Waals surface area contributed by atoms with Gasteiger partial charge in [0.15, 0.2) is 0 Å². The zero-order chi connectivity index (χ0) is 11.6. The molecule has 3 saturated heterocycles. The average molecular weight is 294 g/mol. The van der Waals surface area contributed by atoms with Crippen molar-refractivity contribution in [3.63, 3.8) is 0 Å². The standard InChI is InChI=1S/C13H19GeNO2/c1-2-5-13(6-3-1)14-7-4-8-15(9-11-16-14)10-12-17-14/h1-3,5-6H,4,7-12H2. The van der Waals surface area contributed by atoms with E-state index in [1.807, 2.05) is 0 Å². The van der Waals surface area contributed by atoms with Crippen LogP contribution in [0.3, 0.4) is 0 Å². The minimum atomic E-state index is -2.70. The number of rotatable bonds is 1. The Kier molecular flexibility index (Phi) is 3.52. The summed E-state index contributed by atoms with van der Waals surface area (Å²) in [7, 11) is 0. The van der Waals surface area contributed by atoms with Gasteiger partial charge in [-0.2, -0.15) is 0 Å². The number of fused-ring (bicyclic) bond motifs is 6. The van der Waals surface area contributed by atoms with Gasteiger partial charge < -0.3 is 0 Å². The van der Waals surface area contributed by atoms with Crippen LogP contribution in [-0.2, 0) is 7.53 Å². The second kappa shape index (κ2) is 5.10. The van der Waals surface area contributed by atoms with Gasteiger partial charge in [0.25, 0.3) is 0 Å². The van der Waals surface area contributed by atoms with Crippen LogP contribution in [-0.4, -0.2) is 51.7 Å². The van der Waals surface area contributed by atoms with Crippen molar-refractivity contribution in [2.75, 3.05) is 32.8 Å². The molecule has 1 aromatic carbocycles. The van der Waals surface area contributed by atoms with Gasteiger partial charge in [0.2, 0.25) is 0 Å². The fraction of sp³-hybridized carbons (Fsp3) is 0.538. The maximum atomic E-state index is 6.25. The Bertz CT molecular complexity index is 344. The molecular formula is C13H19GeNO2. The molecule has 0 N–H and O–H groups in total. The van der Waals surface area contributed by atoms with E-state index in [2.05, 4.69) is 35.2 Å². The first-order valence-electron chi connectivity index (χ1n) is 6.45. The van der Waals surface area contributed by atoms with Crippen LogP contribution in [0.2, 0.25) is 5.25 Å². The average Bonchev–Trinajstić information content (AvgIpc) is 2.28. The maximum absolute atomic E-state index is 6.25. The molecule has 4 heteroatoms. The molecule has 92 valence electrons. The van der Waals surface area contributed by atoms with Gasteiger partial charge in [0.1, 0.15) is 0 Å². The molecule has 0 atom stereocenters. The Balaban J connectivity index is 1.91. The van der Waals surface area contributed by atoms with Crippen LogP contribution in [0.15, 0.2) is 30.3 Å². The van der Waals surface area contributed by atoms with Crippen LogP contribution in [0, 0.1) is 0 Å². The summed E-state index contributed by atoms with van der Waals surface area (Å²) in [5, 5.41) is 1.14. The molecule has 3 heterocycles. The summed E-state index contributed by atoms with van der Waals surface area (Å²) >= 11 is -2.70. The third kappa shape index (κ3) is 2.43. The molecule has 4 rings (SSSR count). The summed E-state index contributed by atoms with van der Waals surface area (Å²) in [5.74, 6) is 0. The van der Waals surface area contributed by atoms with E-state index in [9.17, 15) is 0 Å². The van der Waals surface area contributed by atoms with Crippen LogP contribution < -0.4 is 4.40 Å². The quantitative estimate of drug-likeness (QED) is 0.724. The van der Waals surface area contributed by atoms with Crippen molar-refractivity contribution in [2.45, 2.75) is 11.7 Å². The zero-order valence-corrected chi connectivity index (χ0v) is 12.2. The van der Waals surface area contributed by atoms with E-state index < -0.39 is 13.9 Å². The third-order valence-corrected chi connectivity index (χ3v) is 11.2. The van der Waals surface area contributed by atoms with E-state index in [0.717, 1.165) is 31.6 Å². The third-order valence-electron chi connectivity index (χ3n) is 3.68. The van der Waals surface area contributed by atoms with Gasteiger partial charge in [0, 0.05) is 0 Å². The number of benzene rings is 1. The molecule has 0 aliphatic carbocycles. The van der Waals surface area contributed by atoms with E-state index in [1.54, 1.807) is 0 Å². The molecule has 3 fully saturated rings. The summed E-state index contributed by atoms with van der Waals surface area (Å²) in [6, 6.07) is 10.7. The fourth-order valence-electron chi connectivity index (χ4n) is 2.74. The predicted molar refractivity (Wildman–Crippen MR) is 69.6 cm³/mol. The van der Waals surface area contributed by atoms with E-state index in [0.29, 0.717) is 0 Å². The minimum absolute atomic E-state index is 0.842. The van der Waals surface area contributed by atoms with Gasteiger partial charge in [0.05, 0.1) is 0 Å². The molecule has 17 heavy (non-hydrogen) atoms. The molecule has 0 saturated carbocycles. The summed E-state index contributed by atoms with van der Waals surface area (Å²) in [6.45, 7) is 5.04. The Morgan fingerprint density at radius 2 is 1.65 bits per heavy atom. The van der Waals surface area contributed by atoms with Crippen LogP contribution in [0.1, 0.15) is 6.42 Å². The first kappa shape index (κ1) is 11.7. The second-order valence-corrected chi connectivity index (χ2v) is 11.4. The molecule has 3 aliphatic heterocycles. The van der Waals surface area contributed by atoms with Crippen molar-refractivity contribution in [3.05, 3.63) is 30.3 Å². The first-order chi connectivity index (χ1) is 8.39. The molecule has 2 bridgehead atoms. The van der Waals surface area contributed by atoms with Crippen molar-refractivity contribution in [1.29, 1.82) is 0 Å². The van der Waals surface area contributed by atoms with Crippen LogP contribution in [0.5, 0.6) is 0 Å². The molecule has 1 aromatic rings. The zero-order valence-electron chi connectivity index (χ0n) is 10.1. The second-order valence-electron chi connectivity index (χ2n) is 4.76. The van der Waals surface area contributed by atoms with E-state index in [4.69, 9.17) is 7.53 Å². The van der Waals surface area contributed by atoms with Gasteiger partial charge in [-0.15, -0.1) is 0 Å². The fourth-order valence-corrected chi connectivity index (χ4v) is 9.37. The van der Waals surface area contributed by atoms with E-state index in [1.165, 1.54) is 17.4 Å². The molecular weight excluding hydrogens is 275 g/mol. The van der Waals surface area contributed by atoms with Gasteiger partial charge in [-0.05, 0) is 0 Å². The topological polar surface area (TPSA) is 21.7 Å². The Hall–Kier alpha value is -0.357. The van der Waals surface area contributed by atoms with Crippen molar-refractivity contribution in [2.24, 2.45) is 0 Å². The number of nitrogens with zero attached hydrogens (tertiary/aromatic N) is 1. The molecule has 0 amide bonds. The van der Waals surface area contributed by atoms with Crippen LogP contribution >= 0.6 is 0 Å². The molecule has 3 nitrogen and oxygen atoms in total. The van der Waals surface area contributed by atoms with Crippen molar-refractivity contribution >= 4 is 18.3 Å². The monoisotopic (exact) mass is 295 g/mol. The van der Waals surface area contributed by atoms with Crippen molar-refractivity contribution in [1.82, 2.24) is 4.90 Å². The van der Waals surface area contributed by atoms with Gasteiger partial charge in [-0.3, -0.25) is 0 Å². The van der Waals surface area contributed by atoms with Crippen molar-refractivity contribution < 1.29 is 7.53 Å². The van der Waals surface area contributed by atoms with Gasteiger partial charge in [-0.25, -0.2) is 0 Å². The van der Waals surface area contributed by atoms with Gasteiger partial charge >= 0.3 is 106 Å². The van der Waals surface area contributed by atoms with E-state index >= 15 is 0 Å². The molecule has 0 radical (unpaired) electrons. The van der Waals surface area contributed by atoms with E-state index in [-0.39, 0.29) is 0 Å². The Morgan fingerprint density at radius 3 is 2.35 bits per heavy atom. The molecule has 3 aliphatic rings. The summed E-state index contributed by atoms with van der Waals surface area (Å²) in [6.07, 6.45) is 1.22. The Morgan fingerprint density at radius 1 is 0.941 bits per heavy atom.